The molecule has 1 heterocycles. The number of rotatable bonds is 9. The van der Waals surface area contributed by atoms with Crippen LogP contribution in [0.4, 0.5) is 11.5 Å². The van der Waals surface area contributed by atoms with Gasteiger partial charge < -0.3 is 15.0 Å². The van der Waals surface area contributed by atoms with Crippen LogP contribution in [0.25, 0.3) is 0 Å². The van der Waals surface area contributed by atoms with Crippen molar-refractivity contribution < 1.29 is 9.53 Å². The minimum absolute atomic E-state index is 0.0805. The summed E-state index contributed by atoms with van der Waals surface area (Å²) in [5.74, 6) is 0.855. The number of nitrogens with zero attached hydrogens (tertiary/aromatic N) is 2. The fourth-order valence-electron chi connectivity index (χ4n) is 2.42. The van der Waals surface area contributed by atoms with Gasteiger partial charge in [-0.05, 0) is 49.2 Å². The van der Waals surface area contributed by atoms with Gasteiger partial charge in [0.2, 0.25) is 0 Å². The van der Waals surface area contributed by atoms with Crippen LogP contribution in [0.1, 0.15) is 26.7 Å². The Labute approximate surface area is 154 Å². The van der Waals surface area contributed by atoms with Crippen molar-refractivity contribution in [3.63, 3.8) is 0 Å². The summed E-state index contributed by atoms with van der Waals surface area (Å²) in [5.41, 5.74) is 1.07. The quantitative estimate of drug-likeness (QED) is 0.720. The monoisotopic (exact) mass is 361 g/mol. The highest BCUT2D eigenvalue weighted by atomic mass is 35.5. The lowest BCUT2D eigenvalue weighted by Crippen LogP contribution is -2.25. The molecule has 0 fully saturated rings. The summed E-state index contributed by atoms with van der Waals surface area (Å²) < 4.78 is 5.41. The zero-order valence-corrected chi connectivity index (χ0v) is 15.4. The number of hydrogen-bond donors (Lipinski definition) is 1. The molecule has 0 spiro atoms. The zero-order chi connectivity index (χ0) is 18.1. The lowest BCUT2D eigenvalue weighted by atomic mass is 10.3. The number of benzene rings is 1. The van der Waals surface area contributed by atoms with E-state index in [0.29, 0.717) is 16.6 Å². The molecule has 0 bridgehead atoms. The van der Waals surface area contributed by atoms with Crippen molar-refractivity contribution in [1.82, 2.24) is 4.98 Å². The van der Waals surface area contributed by atoms with E-state index in [1.807, 2.05) is 12.1 Å². The fraction of sp³-hybridized carbons (Fsp3) is 0.368. The molecule has 0 saturated heterocycles. The predicted molar refractivity (Wildman–Crippen MR) is 103 cm³/mol. The molecule has 1 aromatic carbocycles. The van der Waals surface area contributed by atoms with E-state index >= 15 is 0 Å². The second kappa shape index (κ2) is 9.89. The Morgan fingerprint density at radius 2 is 1.80 bits per heavy atom. The molecule has 0 aliphatic carbocycles. The molecule has 2 rings (SSSR count). The number of halogens is 1. The lowest BCUT2D eigenvalue weighted by Gasteiger charge is -2.23. The first-order valence-electron chi connectivity index (χ1n) is 8.51. The third-order valence-electron chi connectivity index (χ3n) is 3.55. The van der Waals surface area contributed by atoms with Gasteiger partial charge in [0.05, 0.1) is 11.9 Å². The number of pyridine rings is 1. The zero-order valence-electron chi connectivity index (χ0n) is 14.7. The lowest BCUT2D eigenvalue weighted by molar-refractivity contribution is -0.118. The van der Waals surface area contributed by atoms with E-state index in [-0.39, 0.29) is 12.5 Å². The molecule has 0 radical (unpaired) electrons. The molecule has 0 aliphatic heterocycles. The summed E-state index contributed by atoms with van der Waals surface area (Å²) in [5, 5.41) is 3.36. The number of amides is 1. The molecule has 0 saturated carbocycles. The highest BCUT2D eigenvalue weighted by Crippen LogP contribution is 2.17. The summed E-state index contributed by atoms with van der Waals surface area (Å²) in [6, 6.07) is 10.7. The van der Waals surface area contributed by atoms with E-state index in [9.17, 15) is 4.79 Å². The number of ether oxygens (including phenoxy) is 1. The molecule has 1 aromatic heterocycles. The van der Waals surface area contributed by atoms with Gasteiger partial charge in [-0.1, -0.05) is 25.4 Å². The Bertz CT molecular complexity index is 653. The van der Waals surface area contributed by atoms with Crippen LogP contribution in [0.5, 0.6) is 5.75 Å². The topological polar surface area (TPSA) is 54.5 Å². The van der Waals surface area contributed by atoms with Gasteiger partial charge in [0.15, 0.2) is 6.61 Å². The predicted octanol–water partition coefficient (Wildman–Crippen LogP) is 4.38. The van der Waals surface area contributed by atoms with Gasteiger partial charge >= 0.3 is 0 Å². The minimum Gasteiger partial charge on any atom is -0.484 e. The SMILES string of the molecule is CCCN(CCC)c1ccc(NC(=O)COc2ccc(Cl)cc2)nc1. The highest BCUT2D eigenvalue weighted by Gasteiger charge is 2.08. The third-order valence-corrected chi connectivity index (χ3v) is 3.80. The van der Waals surface area contributed by atoms with E-state index < -0.39 is 0 Å². The van der Waals surface area contributed by atoms with Gasteiger partial charge in [0.25, 0.3) is 5.91 Å². The first-order chi connectivity index (χ1) is 12.1. The summed E-state index contributed by atoms with van der Waals surface area (Å²) >= 11 is 5.81. The van der Waals surface area contributed by atoms with Crippen LogP contribution in [-0.2, 0) is 4.79 Å². The Hall–Kier alpha value is -2.27. The normalized spacial score (nSPS) is 10.4. The van der Waals surface area contributed by atoms with E-state index in [2.05, 4.69) is 29.0 Å². The van der Waals surface area contributed by atoms with Gasteiger partial charge in [-0.25, -0.2) is 4.98 Å². The first kappa shape index (κ1) is 19.1. The molecule has 2 aromatic rings. The van der Waals surface area contributed by atoms with Gasteiger partial charge in [0.1, 0.15) is 11.6 Å². The van der Waals surface area contributed by atoms with E-state index in [1.54, 1.807) is 30.5 Å². The summed E-state index contributed by atoms with van der Waals surface area (Å²) in [4.78, 5) is 18.6. The first-order valence-corrected chi connectivity index (χ1v) is 8.89. The molecule has 1 amide bonds. The van der Waals surface area contributed by atoms with Gasteiger partial charge in [0, 0.05) is 18.1 Å². The van der Waals surface area contributed by atoms with Gasteiger partial charge in [-0.3, -0.25) is 4.79 Å². The van der Waals surface area contributed by atoms with Crippen LogP contribution in [0, 0.1) is 0 Å². The van der Waals surface area contributed by atoms with Gasteiger partial charge in [-0.15, -0.1) is 0 Å². The van der Waals surface area contributed by atoms with Crippen molar-refractivity contribution in [2.45, 2.75) is 26.7 Å². The maximum atomic E-state index is 12.0. The van der Waals surface area contributed by atoms with Crippen LogP contribution in [0.15, 0.2) is 42.6 Å². The van der Waals surface area contributed by atoms with E-state index in [0.717, 1.165) is 31.6 Å². The fourth-order valence-corrected chi connectivity index (χ4v) is 2.54. The molecule has 1 N–H and O–H groups in total. The average molecular weight is 362 g/mol. The standard InChI is InChI=1S/C19H24ClN3O2/c1-3-11-23(12-4-2)16-7-10-18(21-13-16)22-19(24)14-25-17-8-5-15(20)6-9-17/h5-10,13H,3-4,11-12,14H2,1-2H3,(H,21,22,24). The molecule has 5 nitrogen and oxygen atoms in total. The van der Waals surface area contributed by atoms with Crippen LogP contribution in [0.2, 0.25) is 5.02 Å². The van der Waals surface area contributed by atoms with Crippen LogP contribution < -0.4 is 15.0 Å². The van der Waals surface area contributed by atoms with Crippen molar-refractivity contribution in [2.75, 3.05) is 29.9 Å². The van der Waals surface area contributed by atoms with Crippen LogP contribution >= 0.6 is 11.6 Å². The van der Waals surface area contributed by atoms with Crippen molar-refractivity contribution in [3.05, 3.63) is 47.6 Å². The van der Waals surface area contributed by atoms with Crippen LogP contribution in [0.3, 0.4) is 0 Å². The Kier molecular flexibility index (Phi) is 7.54. The molecular weight excluding hydrogens is 338 g/mol. The highest BCUT2D eigenvalue weighted by molar-refractivity contribution is 6.30. The van der Waals surface area contributed by atoms with Crippen molar-refractivity contribution in [1.29, 1.82) is 0 Å². The van der Waals surface area contributed by atoms with Crippen molar-refractivity contribution >= 4 is 29.0 Å². The second-order valence-electron chi connectivity index (χ2n) is 5.68. The van der Waals surface area contributed by atoms with Crippen LogP contribution in [-0.4, -0.2) is 30.6 Å². The Morgan fingerprint density at radius 1 is 1.12 bits per heavy atom. The molecule has 0 aliphatic rings. The Balaban J connectivity index is 1.87. The Morgan fingerprint density at radius 3 is 2.36 bits per heavy atom. The number of hydrogen-bond acceptors (Lipinski definition) is 4. The summed E-state index contributed by atoms with van der Waals surface area (Å²) in [6.07, 6.45) is 3.96. The molecule has 0 atom stereocenters. The smallest absolute Gasteiger partial charge is 0.263 e. The number of carbonyl (C=O) groups excluding carboxylic acids is 1. The largest absolute Gasteiger partial charge is 0.484 e. The number of aromatic nitrogens is 1. The molecular formula is C19H24ClN3O2. The maximum Gasteiger partial charge on any atom is 0.263 e. The van der Waals surface area contributed by atoms with Crippen molar-refractivity contribution in [3.8, 4) is 5.75 Å². The summed E-state index contributed by atoms with van der Waals surface area (Å²) in [7, 11) is 0. The minimum atomic E-state index is -0.255. The summed E-state index contributed by atoms with van der Waals surface area (Å²) in [6.45, 7) is 6.23. The molecule has 6 heteroatoms. The molecule has 25 heavy (non-hydrogen) atoms. The number of anilines is 2. The maximum absolute atomic E-state index is 12.0. The van der Waals surface area contributed by atoms with Crippen molar-refractivity contribution in [2.24, 2.45) is 0 Å². The van der Waals surface area contributed by atoms with Gasteiger partial charge in [-0.2, -0.15) is 0 Å². The molecule has 134 valence electrons. The van der Waals surface area contributed by atoms with E-state index in [4.69, 9.17) is 16.3 Å². The van der Waals surface area contributed by atoms with E-state index in [1.165, 1.54) is 0 Å². The number of nitrogens with one attached hydrogen (secondary N) is 1. The number of carbonyl (C=O) groups is 1. The average Bonchev–Trinajstić information content (AvgIpc) is 2.62. The third kappa shape index (κ3) is 6.27. The molecule has 0 unspecified atom stereocenters. The second-order valence-corrected chi connectivity index (χ2v) is 6.12.